The summed E-state index contributed by atoms with van der Waals surface area (Å²) in [5.74, 6) is 0.0143. The van der Waals surface area contributed by atoms with Crippen molar-refractivity contribution in [1.29, 1.82) is 0 Å². The van der Waals surface area contributed by atoms with Gasteiger partial charge in [0.2, 0.25) is 0 Å². The Balaban J connectivity index is 1.38. The number of aromatic carboxylic acids is 1. The number of Topliss-reactive ketones (excluding diaryl/α,β-unsaturated/α-hetero) is 1. The quantitative estimate of drug-likeness (QED) is 0.169. The number of aliphatic imine (C=N–C) groups is 1. The molecule has 8 nitrogen and oxygen atoms in total. The van der Waals surface area contributed by atoms with Crippen LogP contribution in [-0.4, -0.2) is 53.5 Å². The van der Waals surface area contributed by atoms with Gasteiger partial charge in [-0.3, -0.25) is 9.79 Å². The largest absolute Gasteiger partial charge is 0.535 e. The first kappa shape index (κ1) is 26.2. The lowest BCUT2D eigenvalue weighted by Gasteiger charge is -2.30. The number of ketones is 1. The number of benzene rings is 1. The zero-order valence-corrected chi connectivity index (χ0v) is 20.3. The first-order chi connectivity index (χ1) is 16.2. The Bertz CT molecular complexity index is 883. The lowest BCUT2D eigenvalue weighted by atomic mass is 9.64. The van der Waals surface area contributed by atoms with Crippen molar-refractivity contribution in [3.05, 3.63) is 29.3 Å². The SMILES string of the molecule is CC(C)N=C(N)CCCNC1CCC(CC(=O)C[C@H]2Cc3cccc(C(=O)O)c3OB2O)CC1. The molecule has 0 spiro atoms. The molecular weight excluding hydrogens is 433 g/mol. The summed E-state index contributed by atoms with van der Waals surface area (Å²) >= 11 is 0. The number of carboxylic acid groups (broad SMARTS) is 1. The smallest absolute Gasteiger partial charge is 0.526 e. The third kappa shape index (κ3) is 7.57. The van der Waals surface area contributed by atoms with E-state index in [9.17, 15) is 19.7 Å². The Morgan fingerprint density at radius 1 is 1.24 bits per heavy atom. The van der Waals surface area contributed by atoms with Crippen molar-refractivity contribution < 1.29 is 24.4 Å². The molecule has 3 rings (SSSR count). The summed E-state index contributed by atoms with van der Waals surface area (Å²) < 4.78 is 5.52. The summed E-state index contributed by atoms with van der Waals surface area (Å²) in [4.78, 5) is 28.5. The Morgan fingerprint density at radius 3 is 2.65 bits per heavy atom. The Morgan fingerprint density at radius 2 is 1.97 bits per heavy atom. The van der Waals surface area contributed by atoms with E-state index in [0.717, 1.165) is 56.5 Å². The monoisotopic (exact) mass is 471 g/mol. The molecule has 0 amide bonds. The standard InChI is InChI=1S/C25H38BN3O5/c1-16(2)29-23(27)7-4-12-28-20-10-8-17(9-11-20)13-21(30)15-19-14-18-5-3-6-22(25(31)32)24(18)34-26(19)33/h3,5-6,16-17,19-20,28,33H,4,7-15H2,1-2H3,(H2,27,29)(H,31,32)/t17?,19-,20?/m1/s1. The van der Waals surface area contributed by atoms with Crippen molar-refractivity contribution in [2.24, 2.45) is 16.6 Å². The molecule has 5 N–H and O–H groups in total. The Kier molecular flexibility index (Phi) is 9.53. The minimum absolute atomic E-state index is 0.0406. The molecule has 1 aromatic rings. The normalized spacial score (nSPS) is 22.9. The Labute approximate surface area is 202 Å². The maximum absolute atomic E-state index is 12.7. The van der Waals surface area contributed by atoms with Crippen molar-refractivity contribution in [2.45, 2.75) is 89.5 Å². The average molecular weight is 471 g/mol. The minimum atomic E-state index is -1.17. The van der Waals surface area contributed by atoms with E-state index >= 15 is 0 Å². The lowest BCUT2D eigenvalue weighted by Crippen LogP contribution is -2.36. The van der Waals surface area contributed by atoms with E-state index in [1.165, 1.54) is 6.07 Å². The lowest BCUT2D eigenvalue weighted by molar-refractivity contribution is -0.120. The fourth-order valence-electron chi connectivity index (χ4n) is 5.07. The molecule has 1 heterocycles. The number of carboxylic acids is 1. The molecule has 1 saturated carbocycles. The first-order valence-electron chi connectivity index (χ1n) is 12.5. The van der Waals surface area contributed by atoms with Crippen LogP contribution in [0.4, 0.5) is 0 Å². The Hall–Kier alpha value is -2.39. The molecule has 186 valence electrons. The number of carbonyl (C=O) groups is 2. The summed E-state index contributed by atoms with van der Waals surface area (Å²) in [7, 11) is -1.17. The number of para-hydroxylation sites is 1. The van der Waals surface area contributed by atoms with Gasteiger partial charge in [-0.15, -0.1) is 0 Å². The molecule has 1 fully saturated rings. The van der Waals surface area contributed by atoms with E-state index < -0.39 is 13.1 Å². The molecule has 0 saturated heterocycles. The number of amidine groups is 1. The molecule has 1 aromatic carbocycles. The fourth-order valence-corrected chi connectivity index (χ4v) is 5.07. The number of hydrogen-bond acceptors (Lipinski definition) is 6. The van der Waals surface area contributed by atoms with Crippen molar-refractivity contribution in [3.8, 4) is 5.75 Å². The van der Waals surface area contributed by atoms with Gasteiger partial charge in [0.25, 0.3) is 0 Å². The van der Waals surface area contributed by atoms with E-state index in [1.807, 2.05) is 13.8 Å². The topological polar surface area (TPSA) is 134 Å². The van der Waals surface area contributed by atoms with E-state index in [4.69, 9.17) is 10.4 Å². The molecule has 0 unspecified atom stereocenters. The second kappa shape index (κ2) is 12.4. The van der Waals surface area contributed by atoms with Crippen LogP contribution < -0.4 is 15.7 Å². The number of nitrogens with zero attached hydrogens (tertiary/aromatic N) is 1. The predicted molar refractivity (Wildman–Crippen MR) is 133 cm³/mol. The van der Waals surface area contributed by atoms with Crippen LogP contribution in [-0.2, 0) is 11.2 Å². The zero-order chi connectivity index (χ0) is 24.7. The predicted octanol–water partition coefficient (Wildman–Crippen LogP) is 3.21. The number of hydrogen-bond donors (Lipinski definition) is 4. The molecule has 0 bridgehead atoms. The number of carbonyl (C=O) groups excluding carboxylic acids is 1. The molecule has 34 heavy (non-hydrogen) atoms. The van der Waals surface area contributed by atoms with Gasteiger partial charge >= 0.3 is 13.1 Å². The highest BCUT2D eigenvalue weighted by Gasteiger charge is 2.38. The molecule has 1 atom stereocenters. The second-order valence-corrected chi connectivity index (χ2v) is 10.0. The van der Waals surface area contributed by atoms with E-state index in [2.05, 4.69) is 10.3 Å². The van der Waals surface area contributed by atoms with Gasteiger partial charge in [0, 0.05) is 37.2 Å². The van der Waals surface area contributed by atoms with E-state index in [0.29, 0.717) is 24.8 Å². The molecule has 0 radical (unpaired) electrons. The van der Waals surface area contributed by atoms with Gasteiger partial charge in [-0.25, -0.2) is 4.79 Å². The van der Waals surface area contributed by atoms with Crippen LogP contribution >= 0.6 is 0 Å². The molecular formula is C25H38BN3O5. The van der Waals surface area contributed by atoms with Crippen LogP contribution in [0.3, 0.4) is 0 Å². The summed E-state index contributed by atoms with van der Waals surface area (Å²) in [6.07, 6.45) is 7.17. The van der Waals surface area contributed by atoms with Gasteiger partial charge in [0.05, 0.1) is 11.4 Å². The van der Waals surface area contributed by atoms with Crippen molar-refractivity contribution >= 4 is 24.7 Å². The molecule has 1 aliphatic heterocycles. The zero-order valence-electron chi connectivity index (χ0n) is 20.3. The highest BCUT2D eigenvalue weighted by atomic mass is 16.5. The van der Waals surface area contributed by atoms with Crippen LogP contribution in [0.2, 0.25) is 5.82 Å². The minimum Gasteiger partial charge on any atom is -0.535 e. The summed E-state index contributed by atoms with van der Waals surface area (Å²) in [5.41, 5.74) is 6.69. The summed E-state index contributed by atoms with van der Waals surface area (Å²) in [6, 6.07) is 5.65. The van der Waals surface area contributed by atoms with Crippen LogP contribution in [0.1, 0.15) is 81.1 Å². The fraction of sp³-hybridized carbons (Fsp3) is 0.640. The third-order valence-electron chi connectivity index (χ3n) is 6.77. The molecule has 2 aliphatic rings. The van der Waals surface area contributed by atoms with Crippen LogP contribution in [0, 0.1) is 5.92 Å². The maximum Gasteiger partial charge on any atom is 0.526 e. The number of fused-ring (bicyclic) bond motifs is 1. The van der Waals surface area contributed by atoms with Crippen LogP contribution in [0.25, 0.3) is 0 Å². The van der Waals surface area contributed by atoms with Gasteiger partial charge < -0.3 is 25.8 Å². The average Bonchev–Trinajstić information content (AvgIpc) is 2.77. The summed E-state index contributed by atoms with van der Waals surface area (Å²) in [6.45, 7) is 4.97. The van der Waals surface area contributed by atoms with Crippen molar-refractivity contribution in [3.63, 3.8) is 0 Å². The van der Waals surface area contributed by atoms with Gasteiger partial charge in [-0.2, -0.15) is 0 Å². The van der Waals surface area contributed by atoms with Crippen LogP contribution in [0.15, 0.2) is 23.2 Å². The number of nitrogens with two attached hydrogens (primary N) is 1. The van der Waals surface area contributed by atoms with E-state index in [1.54, 1.807) is 12.1 Å². The first-order valence-corrected chi connectivity index (χ1v) is 12.5. The highest BCUT2D eigenvalue weighted by Crippen LogP contribution is 2.37. The van der Waals surface area contributed by atoms with E-state index in [-0.39, 0.29) is 35.4 Å². The number of rotatable bonds is 11. The molecule has 9 heteroatoms. The second-order valence-electron chi connectivity index (χ2n) is 10.0. The van der Waals surface area contributed by atoms with Gasteiger partial charge in [-0.1, -0.05) is 12.1 Å². The van der Waals surface area contributed by atoms with Crippen molar-refractivity contribution in [1.82, 2.24) is 5.32 Å². The maximum atomic E-state index is 12.7. The molecule has 1 aliphatic carbocycles. The van der Waals surface area contributed by atoms with Gasteiger partial charge in [0.1, 0.15) is 11.5 Å². The van der Waals surface area contributed by atoms with Gasteiger partial charge in [0.15, 0.2) is 0 Å². The third-order valence-corrected chi connectivity index (χ3v) is 6.77. The number of nitrogens with one attached hydrogen (secondary N) is 1. The van der Waals surface area contributed by atoms with Gasteiger partial charge in [-0.05, 0) is 76.5 Å². The van der Waals surface area contributed by atoms with Crippen molar-refractivity contribution in [2.75, 3.05) is 6.54 Å². The van der Waals surface area contributed by atoms with Crippen LogP contribution in [0.5, 0.6) is 5.75 Å². The summed E-state index contributed by atoms with van der Waals surface area (Å²) in [5, 5.41) is 23.3. The molecule has 0 aromatic heterocycles. The highest BCUT2D eigenvalue weighted by molar-refractivity contribution is 6.47.